The molecule has 3 aromatic rings. The van der Waals surface area contributed by atoms with Crippen molar-refractivity contribution in [2.45, 2.75) is 18.0 Å². The van der Waals surface area contributed by atoms with Crippen molar-refractivity contribution in [1.29, 1.82) is 0 Å². The molecule has 0 amide bonds. The molecule has 136 valence electrons. The van der Waals surface area contributed by atoms with E-state index in [1.807, 2.05) is 6.92 Å². The minimum Gasteiger partial charge on any atom is -0.232 e. The molecule has 0 aliphatic rings. The Bertz CT molecular complexity index is 1060. The number of sulfonamides is 1. The number of alkyl halides is 3. The Kier molecular flexibility index (Phi) is 4.37. The summed E-state index contributed by atoms with van der Waals surface area (Å²) in [5.41, 5.74) is 0.729. The molecule has 2 N–H and O–H groups in total. The van der Waals surface area contributed by atoms with E-state index in [1.54, 1.807) is 24.3 Å². The molecule has 0 fully saturated rings. The fraction of sp³-hybridized carbons (Fsp3) is 0.118. The van der Waals surface area contributed by atoms with Crippen molar-refractivity contribution in [3.63, 3.8) is 0 Å². The van der Waals surface area contributed by atoms with Gasteiger partial charge in [-0.25, -0.2) is 18.2 Å². The first-order valence-electron chi connectivity index (χ1n) is 7.43. The molecule has 0 bridgehead atoms. The zero-order valence-corrected chi connectivity index (χ0v) is 14.3. The van der Waals surface area contributed by atoms with Crippen LogP contribution < -0.4 is 5.14 Å². The van der Waals surface area contributed by atoms with Crippen LogP contribution in [-0.4, -0.2) is 18.2 Å². The second-order valence-electron chi connectivity index (χ2n) is 5.73. The average molecular weight is 381 g/mol. The predicted molar refractivity (Wildman–Crippen MR) is 90.1 cm³/mol. The van der Waals surface area contributed by atoms with E-state index in [1.165, 1.54) is 24.3 Å². The van der Waals surface area contributed by atoms with E-state index in [2.05, 4.69) is 5.10 Å². The van der Waals surface area contributed by atoms with Crippen molar-refractivity contribution >= 4 is 10.0 Å². The lowest BCUT2D eigenvalue weighted by Crippen LogP contribution is -2.13. The molecule has 0 radical (unpaired) electrons. The lowest BCUT2D eigenvalue weighted by Gasteiger charge is -2.09. The molecule has 0 aliphatic carbocycles. The minimum atomic E-state index is -4.64. The van der Waals surface area contributed by atoms with Crippen molar-refractivity contribution in [1.82, 2.24) is 9.78 Å². The third-order valence-corrected chi connectivity index (χ3v) is 4.65. The van der Waals surface area contributed by atoms with Crippen LogP contribution in [-0.2, 0) is 16.2 Å². The van der Waals surface area contributed by atoms with Gasteiger partial charge in [0.05, 0.1) is 16.3 Å². The number of hydrogen-bond donors (Lipinski definition) is 1. The molecule has 0 spiro atoms. The van der Waals surface area contributed by atoms with Gasteiger partial charge in [-0.15, -0.1) is 0 Å². The van der Waals surface area contributed by atoms with E-state index in [0.29, 0.717) is 5.56 Å². The van der Waals surface area contributed by atoms with Crippen LogP contribution in [0.3, 0.4) is 0 Å². The number of aryl methyl sites for hydroxylation is 1. The molecule has 2 aromatic carbocycles. The van der Waals surface area contributed by atoms with Crippen molar-refractivity contribution in [2.24, 2.45) is 5.14 Å². The Morgan fingerprint density at radius 2 is 1.69 bits per heavy atom. The quantitative estimate of drug-likeness (QED) is 0.754. The first-order chi connectivity index (χ1) is 12.1. The van der Waals surface area contributed by atoms with Crippen molar-refractivity contribution in [3.8, 4) is 16.9 Å². The highest BCUT2D eigenvalue weighted by atomic mass is 32.2. The highest BCUT2D eigenvalue weighted by molar-refractivity contribution is 7.89. The molecular formula is C17H14F3N3O2S. The second kappa shape index (κ2) is 6.26. The minimum absolute atomic E-state index is 0.155. The number of hydrogen-bond acceptors (Lipinski definition) is 3. The molecule has 26 heavy (non-hydrogen) atoms. The van der Waals surface area contributed by atoms with Gasteiger partial charge in [0.25, 0.3) is 0 Å². The largest absolute Gasteiger partial charge is 0.435 e. The fourth-order valence-electron chi connectivity index (χ4n) is 2.44. The zero-order valence-electron chi connectivity index (χ0n) is 13.5. The maximum absolute atomic E-state index is 13.2. The van der Waals surface area contributed by atoms with Crippen LogP contribution in [0.2, 0.25) is 0 Å². The summed E-state index contributed by atoms with van der Waals surface area (Å²) in [6.45, 7) is 1.86. The Balaban J connectivity index is 2.23. The van der Waals surface area contributed by atoms with Crippen LogP contribution in [0.5, 0.6) is 0 Å². The van der Waals surface area contributed by atoms with Gasteiger partial charge in [-0.3, -0.25) is 0 Å². The number of benzene rings is 2. The van der Waals surface area contributed by atoms with Crippen LogP contribution in [0.4, 0.5) is 13.2 Å². The second-order valence-corrected chi connectivity index (χ2v) is 7.29. The summed E-state index contributed by atoms with van der Waals surface area (Å²) in [5.74, 6) is 0. The molecular weight excluding hydrogens is 367 g/mol. The molecule has 1 aromatic heterocycles. The van der Waals surface area contributed by atoms with E-state index in [0.717, 1.165) is 16.3 Å². The Morgan fingerprint density at radius 1 is 1.04 bits per heavy atom. The lowest BCUT2D eigenvalue weighted by molar-refractivity contribution is -0.141. The van der Waals surface area contributed by atoms with Crippen molar-refractivity contribution < 1.29 is 21.6 Å². The number of nitrogens with two attached hydrogens (primary N) is 1. The summed E-state index contributed by atoms with van der Waals surface area (Å²) in [6.07, 6.45) is -4.64. The summed E-state index contributed by atoms with van der Waals surface area (Å²) in [7, 11) is -4.00. The molecule has 1 heterocycles. The molecule has 0 atom stereocenters. The Labute approximate surface area is 147 Å². The lowest BCUT2D eigenvalue weighted by atomic mass is 10.1. The van der Waals surface area contributed by atoms with Gasteiger partial charge in [0.15, 0.2) is 5.69 Å². The van der Waals surface area contributed by atoms with Gasteiger partial charge in [-0.2, -0.15) is 18.3 Å². The maximum atomic E-state index is 13.2. The number of nitrogens with zero attached hydrogens (tertiary/aromatic N) is 2. The van der Waals surface area contributed by atoms with Crippen LogP contribution >= 0.6 is 0 Å². The maximum Gasteiger partial charge on any atom is 0.435 e. The summed E-state index contributed by atoms with van der Waals surface area (Å²) < 4.78 is 63.6. The molecule has 0 saturated carbocycles. The van der Waals surface area contributed by atoms with E-state index in [9.17, 15) is 21.6 Å². The first kappa shape index (κ1) is 18.2. The Morgan fingerprint density at radius 3 is 2.27 bits per heavy atom. The normalized spacial score (nSPS) is 12.3. The van der Waals surface area contributed by atoms with Gasteiger partial charge >= 0.3 is 6.18 Å². The molecule has 9 heteroatoms. The van der Waals surface area contributed by atoms with Gasteiger partial charge in [-0.05, 0) is 31.2 Å². The van der Waals surface area contributed by atoms with Crippen molar-refractivity contribution in [3.05, 3.63) is 65.9 Å². The average Bonchev–Trinajstić information content (AvgIpc) is 3.00. The van der Waals surface area contributed by atoms with E-state index in [4.69, 9.17) is 5.14 Å². The monoisotopic (exact) mass is 381 g/mol. The third-order valence-electron chi connectivity index (χ3n) is 3.74. The summed E-state index contributed by atoms with van der Waals surface area (Å²) in [6, 6.07) is 13.1. The van der Waals surface area contributed by atoms with Crippen LogP contribution in [0.15, 0.2) is 59.5 Å². The van der Waals surface area contributed by atoms with Crippen molar-refractivity contribution in [2.75, 3.05) is 0 Å². The van der Waals surface area contributed by atoms with Gasteiger partial charge < -0.3 is 0 Å². The van der Waals surface area contributed by atoms with E-state index >= 15 is 0 Å². The SMILES string of the molecule is Cc1ccc(-c2cc(C(F)(F)F)nn2-c2cccc(S(N)(=O)=O)c2)cc1. The summed E-state index contributed by atoms with van der Waals surface area (Å²) in [5, 5.41) is 8.74. The van der Waals surface area contributed by atoms with Gasteiger partial charge in [0, 0.05) is 5.56 Å². The molecule has 0 aliphatic heterocycles. The van der Waals surface area contributed by atoms with Crippen LogP contribution in [0.25, 0.3) is 16.9 Å². The van der Waals surface area contributed by atoms with Crippen LogP contribution in [0.1, 0.15) is 11.3 Å². The van der Waals surface area contributed by atoms with Crippen LogP contribution in [0, 0.1) is 6.92 Å². The Hall–Kier alpha value is -2.65. The van der Waals surface area contributed by atoms with E-state index < -0.39 is 21.9 Å². The number of aromatic nitrogens is 2. The smallest absolute Gasteiger partial charge is 0.232 e. The highest BCUT2D eigenvalue weighted by Gasteiger charge is 2.35. The summed E-state index contributed by atoms with van der Waals surface area (Å²) >= 11 is 0. The standard InChI is InChI=1S/C17H14F3N3O2S/c1-11-5-7-12(8-6-11)15-10-16(17(18,19)20)22-23(15)13-3-2-4-14(9-13)26(21,24)25/h2-10H,1H3,(H2,21,24,25). The molecule has 0 unspecified atom stereocenters. The molecule has 5 nitrogen and oxygen atoms in total. The number of primary sulfonamides is 1. The predicted octanol–water partition coefficient (Wildman–Crippen LogP) is 3.51. The molecule has 0 saturated heterocycles. The van der Waals surface area contributed by atoms with Gasteiger partial charge in [0.2, 0.25) is 10.0 Å². The summed E-state index contributed by atoms with van der Waals surface area (Å²) in [4.78, 5) is -0.214. The zero-order chi connectivity index (χ0) is 19.1. The number of halogens is 3. The first-order valence-corrected chi connectivity index (χ1v) is 8.98. The van der Waals surface area contributed by atoms with Gasteiger partial charge in [-0.1, -0.05) is 35.9 Å². The third kappa shape index (κ3) is 3.63. The van der Waals surface area contributed by atoms with Gasteiger partial charge in [0.1, 0.15) is 0 Å². The molecule has 3 rings (SSSR count). The topological polar surface area (TPSA) is 78.0 Å². The van der Waals surface area contributed by atoms with E-state index in [-0.39, 0.29) is 16.3 Å². The fourth-order valence-corrected chi connectivity index (χ4v) is 2.99. The number of rotatable bonds is 3. The highest BCUT2D eigenvalue weighted by Crippen LogP contribution is 2.33.